The van der Waals surface area contributed by atoms with Crippen LogP contribution in [0, 0.1) is 0 Å². The molecular weight excluding hydrogens is 524 g/mol. The van der Waals surface area contributed by atoms with Crippen LogP contribution in [-0.2, 0) is 18.3 Å². The summed E-state index contributed by atoms with van der Waals surface area (Å²) in [6, 6.07) is 12.7. The van der Waals surface area contributed by atoms with Crippen LogP contribution in [0.25, 0.3) is 0 Å². The molecule has 0 aliphatic carbocycles. The van der Waals surface area contributed by atoms with Crippen molar-refractivity contribution in [1.82, 2.24) is 20.1 Å². The van der Waals surface area contributed by atoms with E-state index in [-0.39, 0.29) is 30.0 Å². The van der Waals surface area contributed by atoms with Crippen LogP contribution >= 0.6 is 47.2 Å². The van der Waals surface area contributed by atoms with E-state index in [1.54, 1.807) is 7.05 Å². The van der Waals surface area contributed by atoms with Crippen LogP contribution < -0.4 is 10.6 Å². The van der Waals surface area contributed by atoms with Gasteiger partial charge >= 0.3 is 0 Å². The van der Waals surface area contributed by atoms with Gasteiger partial charge in [-0.05, 0) is 11.6 Å². The number of nitrogens with zero attached hydrogens (tertiary/aromatic N) is 3. The number of halogens is 3. The molecule has 9 heteroatoms. The van der Waals surface area contributed by atoms with Crippen molar-refractivity contribution in [3.8, 4) is 0 Å². The van der Waals surface area contributed by atoms with Crippen molar-refractivity contribution in [1.29, 1.82) is 0 Å². The second kappa shape index (κ2) is 12.0. The molecule has 2 N–H and O–H groups in total. The van der Waals surface area contributed by atoms with E-state index in [1.165, 1.54) is 5.56 Å². The standard InChI is InChI=1S/C20H27Cl2N5O.HI/c1-23-20(24-13-16-12-17(21)19(22)26(16)2)25-14-18(15-6-4-3-5-7-15)27-8-10-28-11-9-27;/h3-7,12,18H,8-11,13-14H2,1-2H3,(H2,23,24,25);1H. The lowest BCUT2D eigenvalue weighted by atomic mass is 10.0. The first-order valence-corrected chi connectivity index (χ1v) is 10.2. The number of aliphatic imine (C=N–C) groups is 1. The molecule has 1 aromatic carbocycles. The molecule has 2 aromatic rings. The van der Waals surface area contributed by atoms with E-state index in [1.807, 2.05) is 23.7 Å². The third-order valence-electron chi connectivity index (χ3n) is 5.01. The Morgan fingerprint density at radius 3 is 2.45 bits per heavy atom. The van der Waals surface area contributed by atoms with Crippen LogP contribution in [0.3, 0.4) is 0 Å². The van der Waals surface area contributed by atoms with E-state index in [9.17, 15) is 0 Å². The van der Waals surface area contributed by atoms with Gasteiger partial charge in [-0.2, -0.15) is 0 Å². The lowest BCUT2D eigenvalue weighted by Gasteiger charge is -2.35. The molecule has 1 unspecified atom stereocenters. The molecule has 1 atom stereocenters. The molecule has 160 valence electrons. The Morgan fingerprint density at radius 1 is 1.17 bits per heavy atom. The SMILES string of the molecule is CN=C(NCc1cc(Cl)c(Cl)n1C)NCC(c1ccccc1)N1CCOCC1.I. The number of hydrogen-bond donors (Lipinski definition) is 2. The number of benzene rings is 1. The maximum absolute atomic E-state index is 6.15. The molecule has 1 aliphatic heterocycles. The summed E-state index contributed by atoms with van der Waals surface area (Å²) in [6.45, 7) is 4.71. The first-order chi connectivity index (χ1) is 13.6. The van der Waals surface area contributed by atoms with Gasteiger partial charge in [0.25, 0.3) is 0 Å². The molecule has 29 heavy (non-hydrogen) atoms. The van der Waals surface area contributed by atoms with Crippen LogP contribution in [0.1, 0.15) is 17.3 Å². The fourth-order valence-corrected chi connectivity index (χ4v) is 3.78. The van der Waals surface area contributed by atoms with E-state index in [4.69, 9.17) is 27.9 Å². The van der Waals surface area contributed by atoms with Gasteiger partial charge in [-0.3, -0.25) is 9.89 Å². The van der Waals surface area contributed by atoms with Crippen LogP contribution in [-0.4, -0.2) is 55.3 Å². The quantitative estimate of drug-likeness (QED) is 0.327. The van der Waals surface area contributed by atoms with Crippen molar-refractivity contribution in [2.75, 3.05) is 39.9 Å². The van der Waals surface area contributed by atoms with E-state index < -0.39 is 0 Å². The summed E-state index contributed by atoms with van der Waals surface area (Å²) in [5.41, 5.74) is 2.28. The zero-order valence-electron chi connectivity index (χ0n) is 16.7. The molecular formula is C20H28Cl2IN5O. The highest BCUT2D eigenvalue weighted by atomic mass is 127. The van der Waals surface area contributed by atoms with E-state index >= 15 is 0 Å². The summed E-state index contributed by atoms with van der Waals surface area (Å²) < 4.78 is 7.39. The number of nitrogens with one attached hydrogen (secondary N) is 2. The van der Waals surface area contributed by atoms with Crippen molar-refractivity contribution in [3.63, 3.8) is 0 Å². The molecule has 0 radical (unpaired) electrons. The minimum absolute atomic E-state index is 0. The number of hydrogen-bond acceptors (Lipinski definition) is 3. The van der Waals surface area contributed by atoms with Gasteiger partial charge in [0.15, 0.2) is 5.96 Å². The second-order valence-electron chi connectivity index (χ2n) is 6.71. The molecule has 0 bridgehead atoms. The highest BCUT2D eigenvalue weighted by Crippen LogP contribution is 2.25. The maximum Gasteiger partial charge on any atom is 0.191 e. The zero-order chi connectivity index (χ0) is 19.9. The largest absolute Gasteiger partial charge is 0.379 e. The average Bonchev–Trinajstić information content (AvgIpc) is 2.98. The summed E-state index contributed by atoms with van der Waals surface area (Å²) in [4.78, 5) is 6.80. The molecule has 1 aliphatic rings. The van der Waals surface area contributed by atoms with Gasteiger partial charge in [0.1, 0.15) is 5.15 Å². The molecule has 1 fully saturated rings. The Hall–Kier alpha value is -1.000. The number of ether oxygens (including phenoxy) is 1. The first kappa shape index (κ1) is 24.3. The Labute approximate surface area is 199 Å². The van der Waals surface area contributed by atoms with Crippen molar-refractivity contribution < 1.29 is 4.74 Å². The summed E-state index contributed by atoms with van der Waals surface area (Å²) in [5, 5.41) is 7.89. The van der Waals surface area contributed by atoms with Gasteiger partial charge in [0.2, 0.25) is 0 Å². The van der Waals surface area contributed by atoms with Gasteiger partial charge in [0, 0.05) is 39.4 Å². The molecule has 0 spiro atoms. The molecule has 6 nitrogen and oxygen atoms in total. The van der Waals surface area contributed by atoms with Crippen LogP contribution in [0.4, 0.5) is 0 Å². The summed E-state index contributed by atoms with van der Waals surface area (Å²) in [5.74, 6) is 0.739. The summed E-state index contributed by atoms with van der Waals surface area (Å²) >= 11 is 12.2. The molecule has 1 aromatic heterocycles. The Bertz CT molecular complexity index is 794. The normalized spacial score (nSPS) is 16.2. The Balaban J connectivity index is 0.00000300. The third kappa shape index (κ3) is 6.49. The first-order valence-electron chi connectivity index (χ1n) is 9.41. The highest BCUT2D eigenvalue weighted by molar-refractivity contribution is 14.0. The van der Waals surface area contributed by atoms with E-state index in [2.05, 4.69) is 44.8 Å². The average molecular weight is 552 g/mol. The smallest absolute Gasteiger partial charge is 0.191 e. The molecule has 1 saturated heterocycles. The highest BCUT2D eigenvalue weighted by Gasteiger charge is 2.22. The van der Waals surface area contributed by atoms with Crippen molar-refractivity contribution >= 4 is 53.1 Å². The second-order valence-corrected chi connectivity index (χ2v) is 7.48. The van der Waals surface area contributed by atoms with Crippen molar-refractivity contribution in [2.45, 2.75) is 12.6 Å². The monoisotopic (exact) mass is 551 g/mol. The topological polar surface area (TPSA) is 53.8 Å². The van der Waals surface area contributed by atoms with Gasteiger partial charge in [-0.1, -0.05) is 53.5 Å². The number of guanidine groups is 1. The maximum atomic E-state index is 6.15. The lowest BCUT2D eigenvalue weighted by molar-refractivity contribution is 0.0170. The molecule has 2 heterocycles. The fraction of sp³-hybridized carbons (Fsp3) is 0.450. The van der Waals surface area contributed by atoms with Crippen LogP contribution in [0.2, 0.25) is 10.2 Å². The van der Waals surface area contributed by atoms with Crippen LogP contribution in [0.15, 0.2) is 41.4 Å². The predicted molar refractivity (Wildman–Crippen MR) is 131 cm³/mol. The minimum Gasteiger partial charge on any atom is -0.379 e. The van der Waals surface area contributed by atoms with Crippen molar-refractivity contribution in [2.24, 2.45) is 12.0 Å². The summed E-state index contributed by atoms with van der Waals surface area (Å²) in [6.07, 6.45) is 0. The molecule has 3 rings (SSSR count). The number of aromatic nitrogens is 1. The molecule has 0 amide bonds. The summed E-state index contributed by atoms with van der Waals surface area (Å²) in [7, 11) is 3.66. The number of rotatable bonds is 6. The van der Waals surface area contributed by atoms with Gasteiger partial charge in [-0.25, -0.2) is 0 Å². The molecule has 0 saturated carbocycles. The van der Waals surface area contributed by atoms with Gasteiger partial charge in [0.05, 0.1) is 30.8 Å². The van der Waals surface area contributed by atoms with E-state index in [0.29, 0.717) is 16.7 Å². The Kier molecular flexibility index (Phi) is 10.0. The zero-order valence-corrected chi connectivity index (χ0v) is 20.5. The third-order valence-corrected chi connectivity index (χ3v) is 5.85. The van der Waals surface area contributed by atoms with Crippen molar-refractivity contribution in [3.05, 3.63) is 57.8 Å². The van der Waals surface area contributed by atoms with E-state index in [0.717, 1.165) is 44.5 Å². The predicted octanol–water partition coefficient (Wildman–Crippen LogP) is 3.69. The minimum atomic E-state index is 0. The van der Waals surface area contributed by atoms with Crippen LogP contribution in [0.5, 0.6) is 0 Å². The number of morpholine rings is 1. The van der Waals surface area contributed by atoms with Gasteiger partial charge < -0.3 is 19.9 Å². The Morgan fingerprint density at radius 2 is 1.86 bits per heavy atom. The lowest BCUT2D eigenvalue weighted by Crippen LogP contribution is -2.46. The van der Waals surface area contributed by atoms with Gasteiger partial charge in [-0.15, -0.1) is 24.0 Å². The fourth-order valence-electron chi connectivity index (χ4n) is 3.37.